The number of ether oxygens (including phenoxy) is 2. The zero-order valence-corrected chi connectivity index (χ0v) is 21.8. The van der Waals surface area contributed by atoms with Crippen molar-refractivity contribution >= 4 is 35.1 Å². The van der Waals surface area contributed by atoms with Crippen LogP contribution < -0.4 is 15.0 Å². The molecule has 0 aliphatic carbocycles. The largest absolute Gasteiger partial charge is 0.417 e. The van der Waals surface area contributed by atoms with Crippen LogP contribution in [0.25, 0.3) is 11.8 Å². The first-order valence-corrected chi connectivity index (χ1v) is 13.0. The van der Waals surface area contributed by atoms with Crippen LogP contribution in [0.15, 0.2) is 55.2 Å². The molecule has 0 spiro atoms. The number of anilines is 2. The Balaban J connectivity index is 1.20. The lowest BCUT2D eigenvalue weighted by Gasteiger charge is -2.41. The first-order valence-electron chi connectivity index (χ1n) is 12.6. The zero-order valence-electron chi connectivity index (χ0n) is 21.0. The van der Waals surface area contributed by atoms with Crippen molar-refractivity contribution in [2.75, 3.05) is 49.6 Å². The lowest BCUT2D eigenvalue weighted by molar-refractivity contribution is 0.0115. The fraction of sp³-hybridized carbons (Fsp3) is 0.357. The van der Waals surface area contributed by atoms with E-state index < -0.39 is 6.09 Å². The number of halogens is 1. The number of nitrogens with one attached hydrogen (secondary N) is 1. The SMILES string of the molecule is C=Cc1cc(NC(=O)Oc2cnn(-c3ccc(Cl)cc3)c2C)ccc1N1CCC(N2CCOCC2)CC1. The zero-order chi connectivity index (χ0) is 25.8. The highest BCUT2D eigenvalue weighted by Gasteiger charge is 2.26. The Hall–Kier alpha value is -3.33. The summed E-state index contributed by atoms with van der Waals surface area (Å²) < 4.78 is 12.8. The van der Waals surface area contributed by atoms with Gasteiger partial charge in [-0.1, -0.05) is 24.3 Å². The normalized spacial score (nSPS) is 17.0. The van der Waals surface area contributed by atoms with Crippen molar-refractivity contribution in [3.05, 3.63) is 71.5 Å². The van der Waals surface area contributed by atoms with Crippen LogP contribution in [0.2, 0.25) is 5.02 Å². The number of rotatable bonds is 6. The summed E-state index contributed by atoms with van der Waals surface area (Å²) in [4.78, 5) is 17.6. The first-order chi connectivity index (χ1) is 18.0. The van der Waals surface area contributed by atoms with Gasteiger partial charge in [0.1, 0.15) is 0 Å². The standard InChI is InChI=1S/C28H32ClN5O3/c1-3-21-18-23(6-9-26(21)33-12-10-24(11-13-33)32-14-16-36-17-15-32)31-28(35)37-27-19-30-34(20(27)2)25-7-4-22(29)5-8-25/h3-9,18-19,24H,1,10-17H2,2H3,(H,31,35). The molecule has 194 valence electrons. The van der Waals surface area contributed by atoms with Gasteiger partial charge in [-0.2, -0.15) is 5.10 Å². The number of hydrogen-bond acceptors (Lipinski definition) is 6. The smallest absolute Gasteiger partial charge is 0.406 e. The molecule has 1 N–H and O–H groups in total. The van der Waals surface area contributed by atoms with E-state index in [4.69, 9.17) is 21.1 Å². The van der Waals surface area contributed by atoms with Gasteiger partial charge in [-0.3, -0.25) is 10.2 Å². The van der Waals surface area contributed by atoms with Crippen LogP contribution in [0.5, 0.6) is 5.75 Å². The molecule has 0 bridgehead atoms. The van der Waals surface area contributed by atoms with Crippen LogP contribution in [-0.2, 0) is 4.74 Å². The maximum atomic E-state index is 12.7. The van der Waals surface area contributed by atoms with Gasteiger partial charge >= 0.3 is 6.09 Å². The molecule has 0 saturated carbocycles. The minimum Gasteiger partial charge on any atom is -0.406 e. The second kappa shape index (κ2) is 11.4. The average Bonchev–Trinajstić information content (AvgIpc) is 3.29. The molecule has 2 saturated heterocycles. The Labute approximate surface area is 222 Å². The third-order valence-corrected chi connectivity index (χ3v) is 7.35. The molecule has 37 heavy (non-hydrogen) atoms. The molecule has 2 aromatic carbocycles. The Kier molecular flexibility index (Phi) is 7.79. The van der Waals surface area contributed by atoms with E-state index in [1.165, 1.54) is 6.20 Å². The number of nitrogens with zero attached hydrogens (tertiary/aromatic N) is 4. The molecule has 0 unspecified atom stereocenters. The van der Waals surface area contributed by atoms with E-state index in [1.54, 1.807) is 16.8 Å². The van der Waals surface area contributed by atoms with Crippen LogP contribution in [0.1, 0.15) is 24.1 Å². The quantitative estimate of drug-likeness (QED) is 0.469. The van der Waals surface area contributed by atoms with Crippen LogP contribution in [0, 0.1) is 6.92 Å². The van der Waals surface area contributed by atoms with Crippen molar-refractivity contribution < 1.29 is 14.3 Å². The predicted octanol–water partition coefficient (Wildman–Crippen LogP) is 5.39. The van der Waals surface area contributed by atoms with Crippen molar-refractivity contribution in [2.45, 2.75) is 25.8 Å². The summed E-state index contributed by atoms with van der Waals surface area (Å²) in [5, 5.41) is 7.82. The van der Waals surface area contributed by atoms with Gasteiger partial charge in [0, 0.05) is 48.6 Å². The molecule has 8 nitrogen and oxygen atoms in total. The van der Waals surface area contributed by atoms with Gasteiger partial charge < -0.3 is 14.4 Å². The average molecular weight is 522 g/mol. The first kappa shape index (κ1) is 25.3. The van der Waals surface area contributed by atoms with Crippen molar-refractivity contribution in [2.24, 2.45) is 0 Å². The molecule has 9 heteroatoms. The van der Waals surface area contributed by atoms with Crippen LogP contribution in [0.4, 0.5) is 16.2 Å². The number of benzene rings is 2. The summed E-state index contributed by atoms with van der Waals surface area (Å²) in [7, 11) is 0. The van der Waals surface area contributed by atoms with Crippen molar-refractivity contribution in [1.82, 2.24) is 14.7 Å². The van der Waals surface area contributed by atoms with Gasteiger partial charge in [-0.05, 0) is 67.8 Å². The van der Waals surface area contributed by atoms with Crippen molar-refractivity contribution in [3.8, 4) is 11.4 Å². The van der Waals surface area contributed by atoms with E-state index >= 15 is 0 Å². The Bertz CT molecular complexity index is 1250. The summed E-state index contributed by atoms with van der Waals surface area (Å²) in [5.74, 6) is 0.385. The lowest BCUT2D eigenvalue weighted by atomic mass is 10.0. The predicted molar refractivity (Wildman–Crippen MR) is 147 cm³/mol. The van der Waals surface area contributed by atoms with Gasteiger partial charge in [0.25, 0.3) is 0 Å². The topological polar surface area (TPSA) is 71.9 Å². The highest BCUT2D eigenvalue weighted by atomic mass is 35.5. The Morgan fingerprint density at radius 1 is 1.14 bits per heavy atom. The van der Waals surface area contributed by atoms with Gasteiger partial charge in [0.15, 0.2) is 5.75 Å². The fourth-order valence-corrected chi connectivity index (χ4v) is 5.20. The van der Waals surface area contributed by atoms with Crippen LogP contribution >= 0.6 is 11.6 Å². The summed E-state index contributed by atoms with van der Waals surface area (Å²) in [5.41, 5.74) is 4.30. The van der Waals surface area contributed by atoms with E-state index in [1.807, 2.05) is 43.3 Å². The minimum atomic E-state index is -0.576. The minimum absolute atomic E-state index is 0.385. The van der Waals surface area contributed by atoms with E-state index in [2.05, 4.69) is 26.8 Å². The van der Waals surface area contributed by atoms with Crippen molar-refractivity contribution in [1.29, 1.82) is 0 Å². The Morgan fingerprint density at radius 3 is 2.57 bits per heavy atom. The maximum absolute atomic E-state index is 12.7. The number of carbonyl (C=O) groups excluding carboxylic acids is 1. The fourth-order valence-electron chi connectivity index (χ4n) is 5.08. The molecule has 3 aromatic rings. The van der Waals surface area contributed by atoms with Gasteiger partial charge in [-0.15, -0.1) is 0 Å². The monoisotopic (exact) mass is 521 g/mol. The highest BCUT2D eigenvalue weighted by Crippen LogP contribution is 2.30. The summed E-state index contributed by atoms with van der Waals surface area (Å²) in [6, 6.07) is 13.8. The molecule has 3 heterocycles. The second-order valence-electron chi connectivity index (χ2n) is 9.34. The van der Waals surface area contributed by atoms with E-state index in [0.717, 1.165) is 69.2 Å². The van der Waals surface area contributed by atoms with E-state index in [-0.39, 0.29) is 0 Å². The van der Waals surface area contributed by atoms with Gasteiger partial charge in [0.2, 0.25) is 0 Å². The molecular weight excluding hydrogens is 490 g/mol. The molecule has 0 atom stereocenters. The molecule has 0 radical (unpaired) electrons. The summed E-state index contributed by atoms with van der Waals surface area (Å²) in [6.45, 7) is 11.6. The van der Waals surface area contributed by atoms with Gasteiger partial charge in [0.05, 0.1) is 30.8 Å². The van der Waals surface area contributed by atoms with Crippen LogP contribution in [0.3, 0.4) is 0 Å². The number of morpholine rings is 1. The number of hydrogen-bond donors (Lipinski definition) is 1. The molecule has 2 aliphatic heterocycles. The van der Waals surface area contributed by atoms with Crippen molar-refractivity contribution in [3.63, 3.8) is 0 Å². The number of aromatic nitrogens is 2. The number of amides is 1. The number of carbonyl (C=O) groups is 1. The molecular formula is C28H32ClN5O3. The summed E-state index contributed by atoms with van der Waals surface area (Å²) >= 11 is 5.98. The van der Waals surface area contributed by atoms with Crippen LogP contribution in [-0.4, -0.2) is 66.2 Å². The molecule has 5 rings (SSSR count). The molecule has 2 fully saturated rings. The molecule has 1 aromatic heterocycles. The van der Waals surface area contributed by atoms with Gasteiger partial charge in [-0.25, -0.2) is 9.48 Å². The number of piperidine rings is 1. The maximum Gasteiger partial charge on any atom is 0.417 e. The Morgan fingerprint density at radius 2 is 1.86 bits per heavy atom. The van der Waals surface area contributed by atoms with E-state index in [9.17, 15) is 4.79 Å². The highest BCUT2D eigenvalue weighted by molar-refractivity contribution is 6.30. The molecule has 2 aliphatic rings. The third-order valence-electron chi connectivity index (χ3n) is 7.10. The van der Waals surface area contributed by atoms with E-state index in [0.29, 0.717) is 28.2 Å². The third kappa shape index (κ3) is 5.82. The second-order valence-corrected chi connectivity index (χ2v) is 9.78. The summed E-state index contributed by atoms with van der Waals surface area (Å²) in [6.07, 6.45) is 5.05. The molecule has 1 amide bonds. The lowest BCUT2D eigenvalue weighted by Crippen LogP contribution is -2.49.